The molecule has 17 heavy (non-hydrogen) atoms. The molecule has 0 saturated carbocycles. The molecule has 0 unspecified atom stereocenters. The normalized spacial score (nSPS) is 10.0. The van der Waals surface area contributed by atoms with E-state index < -0.39 is 11.6 Å². The zero-order valence-corrected chi connectivity index (χ0v) is 9.05. The fourth-order valence-electron chi connectivity index (χ4n) is 1.39. The summed E-state index contributed by atoms with van der Waals surface area (Å²) in [6.07, 6.45) is 2.79. The van der Waals surface area contributed by atoms with Crippen molar-refractivity contribution in [3.8, 4) is 5.75 Å². The number of hydrogen-bond acceptors (Lipinski definition) is 4. The van der Waals surface area contributed by atoms with Gasteiger partial charge < -0.3 is 4.74 Å². The minimum Gasteiger partial charge on any atom is -0.494 e. The summed E-state index contributed by atoms with van der Waals surface area (Å²) >= 11 is 0. The number of carbonyl (C=O) groups is 1. The molecule has 0 aliphatic heterocycles. The Morgan fingerprint density at radius 3 is 2.47 bits per heavy atom. The van der Waals surface area contributed by atoms with E-state index in [0.29, 0.717) is 5.75 Å². The van der Waals surface area contributed by atoms with Gasteiger partial charge in [0, 0.05) is 12.4 Å². The van der Waals surface area contributed by atoms with E-state index in [-0.39, 0.29) is 11.4 Å². The highest BCUT2D eigenvalue weighted by molar-refractivity contribution is 6.08. The zero-order chi connectivity index (χ0) is 12.3. The van der Waals surface area contributed by atoms with Crippen LogP contribution in [0, 0.1) is 5.82 Å². The van der Waals surface area contributed by atoms with E-state index in [2.05, 4.69) is 9.97 Å². The van der Waals surface area contributed by atoms with Gasteiger partial charge in [-0.15, -0.1) is 0 Å². The molecule has 0 aliphatic rings. The first-order valence-electron chi connectivity index (χ1n) is 4.88. The standard InChI is InChI=1S/C12H9FN2O2/c1-17-9-5-3-7-15-11(9)12(16)10-8(13)4-2-6-14-10/h2-7H,1H3. The van der Waals surface area contributed by atoms with Crippen molar-refractivity contribution in [2.45, 2.75) is 0 Å². The molecule has 0 aromatic carbocycles. The van der Waals surface area contributed by atoms with E-state index in [4.69, 9.17) is 4.74 Å². The van der Waals surface area contributed by atoms with Gasteiger partial charge in [0.1, 0.15) is 11.4 Å². The minimum atomic E-state index is -0.676. The molecule has 0 bridgehead atoms. The maximum Gasteiger partial charge on any atom is 0.236 e. The SMILES string of the molecule is COc1cccnc1C(=O)c1ncccc1F. The maximum absolute atomic E-state index is 13.4. The van der Waals surface area contributed by atoms with Crippen LogP contribution in [0.4, 0.5) is 4.39 Å². The Labute approximate surface area is 97.1 Å². The molecule has 86 valence electrons. The monoisotopic (exact) mass is 232 g/mol. The third-order valence-electron chi connectivity index (χ3n) is 2.18. The molecule has 5 heteroatoms. The number of rotatable bonds is 3. The molecule has 0 saturated heterocycles. The third kappa shape index (κ3) is 2.13. The van der Waals surface area contributed by atoms with Crippen molar-refractivity contribution in [3.05, 3.63) is 53.9 Å². The van der Waals surface area contributed by atoms with Gasteiger partial charge in [-0.3, -0.25) is 4.79 Å². The highest BCUT2D eigenvalue weighted by Crippen LogP contribution is 2.18. The molecule has 2 aromatic heterocycles. The fourth-order valence-corrected chi connectivity index (χ4v) is 1.39. The van der Waals surface area contributed by atoms with Crippen LogP contribution in [0.3, 0.4) is 0 Å². The fraction of sp³-hybridized carbons (Fsp3) is 0.0833. The lowest BCUT2D eigenvalue weighted by molar-refractivity contribution is 0.102. The maximum atomic E-state index is 13.4. The highest BCUT2D eigenvalue weighted by Gasteiger charge is 2.19. The minimum absolute atomic E-state index is 0.0487. The van der Waals surface area contributed by atoms with Gasteiger partial charge in [-0.2, -0.15) is 0 Å². The molecule has 0 aliphatic carbocycles. The van der Waals surface area contributed by atoms with Gasteiger partial charge in [-0.1, -0.05) is 0 Å². The molecular weight excluding hydrogens is 223 g/mol. The van der Waals surface area contributed by atoms with E-state index in [1.807, 2.05) is 0 Å². The van der Waals surface area contributed by atoms with Crippen LogP contribution in [-0.4, -0.2) is 22.9 Å². The Balaban J connectivity index is 2.48. The number of methoxy groups -OCH3 is 1. The second kappa shape index (κ2) is 4.69. The number of carbonyl (C=O) groups excluding carboxylic acids is 1. The van der Waals surface area contributed by atoms with Crippen LogP contribution < -0.4 is 4.74 Å². The lowest BCUT2D eigenvalue weighted by Crippen LogP contribution is -2.10. The first-order valence-corrected chi connectivity index (χ1v) is 4.88. The summed E-state index contributed by atoms with van der Waals surface area (Å²) < 4.78 is 18.4. The number of halogens is 1. The number of ketones is 1. The number of nitrogens with zero attached hydrogens (tertiary/aromatic N) is 2. The van der Waals surface area contributed by atoms with Gasteiger partial charge in [0.05, 0.1) is 7.11 Å². The summed E-state index contributed by atoms with van der Waals surface area (Å²) in [7, 11) is 1.42. The Morgan fingerprint density at radius 2 is 1.82 bits per heavy atom. The third-order valence-corrected chi connectivity index (χ3v) is 2.18. The average Bonchev–Trinajstić information content (AvgIpc) is 2.38. The molecular formula is C12H9FN2O2. The predicted molar refractivity (Wildman–Crippen MR) is 58.4 cm³/mol. The Kier molecular flexibility index (Phi) is 3.09. The largest absolute Gasteiger partial charge is 0.494 e. The van der Waals surface area contributed by atoms with Crippen molar-refractivity contribution >= 4 is 5.78 Å². The van der Waals surface area contributed by atoms with Gasteiger partial charge in [-0.05, 0) is 24.3 Å². The quantitative estimate of drug-likeness (QED) is 0.758. The molecule has 0 radical (unpaired) electrons. The molecule has 4 nitrogen and oxygen atoms in total. The van der Waals surface area contributed by atoms with Crippen LogP contribution in [-0.2, 0) is 0 Å². The Morgan fingerprint density at radius 1 is 1.18 bits per heavy atom. The van der Waals surface area contributed by atoms with Crippen LogP contribution in [0.1, 0.15) is 16.2 Å². The smallest absolute Gasteiger partial charge is 0.236 e. The summed E-state index contributed by atoms with van der Waals surface area (Å²) in [5, 5.41) is 0. The molecule has 0 amide bonds. The van der Waals surface area contributed by atoms with Crippen LogP contribution in [0.25, 0.3) is 0 Å². The van der Waals surface area contributed by atoms with Crippen molar-refractivity contribution in [3.63, 3.8) is 0 Å². The number of aromatic nitrogens is 2. The summed E-state index contributed by atoms with van der Waals surface area (Å²) in [5.41, 5.74) is -0.211. The molecule has 0 spiro atoms. The Hall–Kier alpha value is -2.30. The van der Waals surface area contributed by atoms with E-state index >= 15 is 0 Å². The van der Waals surface area contributed by atoms with Gasteiger partial charge in [0.15, 0.2) is 11.5 Å². The second-order valence-corrected chi connectivity index (χ2v) is 3.22. The second-order valence-electron chi connectivity index (χ2n) is 3.22. The molecule has 0 atom stereocenters. The van der Waals surface area contributed by atoms with Crippen LogP contribution in [0.2, 0.25) is 0 Å². The van der Waals surface area contributed by atoms with Gasteiger partial charge >= 0.3 is 0 Å². The summed E-state index contributed by atoms with van der Waals surface area (Å²) in [6, 6.07) is 5.81. The van der Waals surface area contributed by atoms with Gasteiger partial charge in [0.25, 0.3) is 0 Å². The van der Waals surface area contributed by atoms with E-state index in [1.165, 1.54) is 31.6 Å². The van der Waals surface area contributed by atoms with Gasteiger partial charge in [-0.25, -0.2) is 14.4 Å². The summed E-state index contributed by atoms with van der Waals surface area (Å²) in [4.78, 5) is 19.6. The molecule has 0 fully saturated rings. The van der Waals surface area contributed by atoms with Crippen molar-refractivity contribution in [2.75, 3.05) is 7.11 Å². The first kappa shape index (κ1) is 11.2. The van der Waals surface area contributed by atoms with Crippen LogP contribution >= 0.6 is 0 Å². The lowest BCUT2D eigenvalue weighted by Gasteiger charge is -2.05. The number of ether oxygens (including phenoxy) is 1. The predicted octanol–water partition coefficient (Wildman–Crippen LogP) is 1.86. The topological polar surface area (TPSA) is 52.1 Å². The number of pyridine rings is 2. The first-order chi connectivity index (χ1) is 8.24. The van der Waals surface area contributed by atoms with E-state index in [9.17, 15) is 9.18 Å². The summed E-state index contributed by atoms with van der Waals surface area (Å²) in [5.74, 6) is -0.978. The van der Waals surface area contributed by atoms with Crippen molar-refractivity contribution in [1.29, 1.82) is 0 Å². The molecule has 0 N–H and O–H groups in total. The van der Waals surface area contributed by atoms with Crippen molar-refractivity contribution in [1.82, 2.24) is 9.97 Å². The zero-order valence-electron chi connectivity index (χ0n) is 9.05. The Bertz CT molecular complexity index is 558. The van der Waals surface area contributed by atoms with E-state index in [1.54, 1.807) is 12.1 Å². The summed E-state index contributed by atoms with van der Waals surface area (Å²) in [6.45, 7) is 0. The van der Waals surface area contributed by atoms with Crippen molar-refractivity contribution in [2.24, 2.45) is 0 Å². The molecule has 2 rings (SSSR count). The van der Waals surface area contributed by atoms with E-state index in [0.717, 1.165) is 0 Å². The molecule has 2 aromatic rings. The van der Waals surface area contributed by atoms with Crippen LogP contribution in [0.5, 0.6) is 5.75 Å². The van der Waals surface area contributed by atoms with Gasteiger partial charge in [0.2, 0.25) is 5.78 Å². The molecule has 2 heterocycles. The highest BCUT2D eigenvalue weighted by atomic mass is 19.1. The van der Waals surface area contributed by atoms with Crippen molar-refractivity contribution < 1.29 is 13.9 Å². The average molecular weight is 232 g/mol. The number of hydrogen-bond donors (Lipinski definition) is 0. The van der Waals surface area contributed by atoms with Crippen LogP contribution in [0.15, 0.2) is 36.7 Å². The lowest BCUT2D eigenvalue weighted by atomic mass is 10.1.